The average Bonchev–Trinajstić information content (AvgIpc) is 2.97. The summed E-state index contributed by atoms with van der Waals surface area (Å²) in [5.41, 5.74) is 0.661. The van der Waals surface area contributed by atoms with Crippen LogP contribution in [0.15, 0.2) is 29.4 Å². The van der Waals surface area contributed by atoms with Crippen molar-refractivity contribution in [3.8, 4) is 5.75 Å². The van der Waals surface area contributed by atoms with E-state index in [-0.39, 0.29) is 0 Å². The predicted molar refractivity (Wildman–Crippen MR) is 87.7 cm³/mol. The van der Waals surface area contributed by atoms with Gasteiger partial charge < -0.3 is 9.30 Å². The van der Waals surface area contributed by atoms with Gasteiger partial charge in [-0.2, -0.15) is 0 Å². The van der Waals surface area contributed by atoms with Gasteiger partial charge in [0, 0.05) is 24.3 Å². The van der Waals surface area contributed by atoms with Crippen LogP contribution in [0, 0.1) is 0 Å². The lowest BCUT2D eigenvalue weighted by molar-refractivity contribution is 0.112. The smallest absolute Gasteiger partial charge is 0.191 e. The molecule has 1 aromatic carbocycles. The summed E-state index contributed by atoms with van der Waals surface area (Å²) >= 11 is 1.71. The van der Waals surface area contributed by atoms with Crippen molar-refractivity contribution >= 4 is 18.0 Å². The molecule has 1 aromatic heterocycles. The van der Waals surface area contributed by atoms with Crippen molar-refractivity contribution < 1.29 is 9.53 Å². The molecular weight excluding hydrogens is 298 g/mol. The minimum atomic E-state index is 0.647. The normalized spacial score (nSPS) is 10.6. The summed E-state index contributed by atoms with van der Waals surface area (Å²) in [6.07, 6.45) is 2.66. The molecule has 0 atom stereocenters. The number of benzene rings is 1. The maximum atomic E-state index is 10.6. The van der Waals surface area contributed by atoms with Crippen LogP contribution in [0.1, 0.15) is 36.5 Å². The second kappa shape index (κ2) is 8.58. The van der Waals surface area contributed by atoms with Crippen LogP contribution in [-0.2, 0) is 13.0 Å². The first kappa shape index (κ1) is 16.5. The largest absolute Gasteiger partial charge is 0.494 e. The first-order chi connectivity index (χ1) is 10.8. The van der Waals surface area contributed by atoms with E-state index < -0.39 is 0 Å². The van der Waals surface area contributed by atoms with Gasteiger partial charge >= 0.3 is 0 Å². The van der Waals surface area contributed by atoms with E-state index in [4.69, 9.17) is 4.74 Å². The Morgan fingerprint density at radius 2 is 2.00 bits per heavy atom. The quantitative estimate of drug-likeness (QED) is 0.403. The summed E-state index contributed by atoms with van der Waals surface area (Å²) in [5.74, 6) is 2.77. The van der Waals surface area contributed by atoms with E-state index in [0.717, 1.165) is 48.2 Å². The summed E-state index contributed by atoms with van der Waals surface area (Å²) in [7, 11) is 0. The standard InChI is InChI=1S/C16H21N3O2S/c1-3-15-17-18-16(19(15)4-2)22-11-5-10-21-14-8-6-13(12-20)7-9-14/h6-9,12H,3-5,10-11H2,1-2H3. The van der Waals surface area contributed by atoms with Crippen molar-refractivity contribution in [1.29, 1.82) is 0 Å². The third-order valence-corrected chi connectivity index (χ3v) is 4.28. The number of aromatic nitrogens is 3. The van der Waals surface area contributed by atoms with Gasteiger partial charge in [0.15, 0.2) is 5.16 Å². The SMILES string of the molecule is CCc1nnc(SCCCOc2ccc(C=O)cc2)n1CC. The molecule has 5 nitrogen and oxygen atoms in total. The fourth-order valence-electron chi connectivity index (χ4n) is 2.06. The maximum absolute atomic E-state index is 10.6. The number of rotatable bonds is 9. The number of carbonyl (C=O) groups is 1. The number of nitrogens with zero attached hydrogens (tertiary/aromatic N) is 3. The highest BCUT2D eigenvalue weighted by Gasteiger charge is 2.09. The van der Waals surface area contributed by atoms with Gasteiger partial charge in [-0.3, -0.25) is 4.79 Å². The summed E-state index contributed by atoms with van der Waals surface area (Å²) in [6.45, 7) is 5.75. The molecule has 118 valence electrons. The lowest BCUT2D eigenvalue weighted by atomic mass is 10.2. The number of hydrogen-bond acceptors (Lipinski definition) is 5. The van der Waals surface area contributed by atoms with E-state index in [1.165, 1.54) is 0 Å². The molecule has 0 saturated carbocycles. The first-order valence-corrected chi connectivity index (χ1v) is 8.50. The monoisotopic (exact) mass is 319 g/mol. The van der Waals surface area contributed by atoms with Crippen LogP contribution in [0.2, 0.25) is 0 Å². The number of thioether (sulfide) groups is 1. The van der Waals surface area contributed by atoms with Crippen molar-refractivity contribution in [2.45, 2.75) is 38.4 Å². The Kier molecular flexibility index (Phi) is 6.45. The predicted octanol–water partition coefficient (Wildman–Crippen LogP) is 3.23. The molecule has 0 radical (unpaired) electrons. The molecule has 2 rings (SSSR count). The Morgan fingerprint density at radius 3 is 2.64 bits per heavy atom. The third-order valence-electron chi connectivity index (χ3n) is 3.23. The van der Waals surface area contributed by atoms with Crippen molar-refractivity contribution in [3.63, 3.8) is 0 Å². The Bertz CT molecular complexity index is 596. The lowest BCUT2D eigenvalue weighted by Gasteiger charge is -2.07. The molecule has 0 aliphatic rings. The Balaban J connectivity index is 1.73. The average molecular weight is 319 g/mol. The van der Waals surface area contributed by atoms with Gasteiger partial charge in [-0.25, -0.2) is 0 Å². The van der Waals surface area contributed by atoms with Crippen LogP contribution in [0.4, 0.5) is 0 Å². The molecule has 0 spiro atoms. The molecular formula is C16H21N3O2S. The van der Waals surface area contributed by atoms with Crippen molar-refractivity contribution in [2.75, 3.05) is 12.4 Å². The second-order valence-corrected chi connectivity index (χ2v) is 5.80. The summed E-state index contributed by atoms with van der Waals surface area (Å²) in [5, 5.41) is 9.42. The molecule has 0 amide bonds. The molecule has 0 aliphatic carbocycles. The number of carbonyl (C=O) groups excluding carboxylic acids is 1. The molecule has 0 fully saturated rings. The first-order valence-electron chi connectivity index (χ1n) is 7.51. The van der Waals surface area contributed by atoms with E-state index in [9.17, 15) is 4.79 Å². The van der Waals surface area contributed by atoms with Crippen LogP contribution in [0.5, 0.6) is 5.75 Å². The highest BCUT2D eigenvalue weighted by Crippen LogP contribution is 2.18. The highest BCUT2D eigenvalue weighted by atomic mass is 32.2. The van der Waals surface area contributed by atoms with Gasteiger partial charge in [-0.1, -0.05) is 18.7 Å². The molecule has 0 saturated heterocycles. The van der Waals surface area contributed by atoms with E-state index in [2.05, 4.69) is 28.6 Å². The minimum absolute atomic E-state index is 0.647. The van der Waals surface area contributed by atoms with Gasteiger partial charge in [0.25, 0.3) is 0 Å². The molecule has 0 N–H and O–H groups in total. The van der Waals surface area contributed by atoms with Gasteiger partial charge in [-0.05, 0) is 37.6 Å². The fourth-order valence-corrected chi connectivity index (χ4v) is 2.99. The second-order valence-electron chi connectivity index (χ2n) is 4.73. The number of aryl methyl sites for hydroxylation is 1. The maximum Gasteiger partial charge on any atom is 0.191 e. The number of aldehydes is 1. The topological polar surface area (TPSA) is 57.0 Å². The van der Waals surface area contributed by atoms with Crippen LogP contribution >= 0.6 is 11.8 Å². The van der Waals surface area contributed by atoms with E-state index in [1.54, 1.807) is 23.9 Å². The molecule has 1 heterocycles. The zero-order valence-electron chi connectivity index (χ0n) is 13.0. The van der Waals surface area contributed by atoms with E-state index >= 15 is 0 Å². The van der Waals surface area contributed by atoms with Crippen LogP contribution < -0.4 is 4.74 Å². The zero-order valence-corrected chi connectivity index (χ0v) is 13.8. The van der Waals surface area contributed by atoms with Crippen LogP contribution in [0.3, 0.4) is 0 Å². The lowest BCUT2D eigenvalue weighted by Crippen LogP contribution is -2.03. The Labute approximate surface area is 135 Å². The van der Waals surface area contributed by atoms with E-state index in [0.29, 0.717) is 12.2 Å². The van der Waals surface area contributed by atoms with Gasteiger partial charge in [0.05, 0.1) is 6.61 Å². The van der Waals surface area contributed by atoms with Gasteiger partial charge in [0.1, 0.15) is 17.9 Å². The number of ether oxygens (including phenoxy) is 1. The summed E-state index contributed by atoms with van der Waals surface area (Å²) in [6, 6.07) is 7.15. The number of hydrogen-bond donors (Lipinski definition) is 0. The Hall–Kier alpha value is -1.82. The highest BCUT2D eigenvalue weighted by molar-refractivity contribution is 7.99. The molecule has 0 unspecified atom stereocenters. The minimum Gasteiger partial charge on any atom is -0.494 e. The van der Waals surface area contributed by atoms with Crippen molar-refractivity contribution in [1.82, 2.24) is 14.8 Å². The zero-order chi connectivity index (χ0) is 15.8. The molecule has 0 bridgehead atoms. The summed E-state index contributed by atoms with van der Waals surface area (Å²) < 4.78 is 7.81. The van der Waals surface area contributed by atoms with Gasteiger partial charge in [0.2, 0.25) is 0 Å². The fraction of sp³-hybridized carbons (Fsp3) is 0.438. The molecule has 6 heteroatoms. The van der Waals surface area contributed by atoms with Gasteiger partial charge in [-0.15, -0.1) is 10.2 Å². The van der Waals surface area contributed by atoms with Crippen LogP contribution in [0.25, 0.3) is 0 Å². The molecule has 0 aliphatic heterocycles. The Morgan fingerprint density at radius 1 is 1.23 bits per heavy atom. The summed E-state index contributed by atoms with van der Waals surface area (Å²) in [4.78, 5) is 10.6. The van der Waals surface area contributed by atoms with Crippen molar-refractivity contribution in [2.24, 2.45) is 0 Å². The van der Waals surface area contributed by atoms with Crippen molar-refractivity contribution in [3.05, 3.63) is 35.7 Å². The van der Waals surface area contributed by atoms with E-state index in [1.807, 2.05) is 12.1 Å². The molecule has 2 aromatic rings. The van der Waals surface area contributed by atoms with Crippen LogP contribution in [-0.4, -0.2) is 33.4 Å². The molecule has 22 heavy (non-hydrogen) atoms. The third kappa shape index (κ3) is 4.34.